The Labute approximate surface area is 101 Å². The maximum Gasteiger partial charge on any atom is 0.220 e. The van der Waals surface area contributed by atoms with E-state index < -0.39 is 41.7 Å². The van der Waals surface area contributed by atoms with Crippen LogP contribution in [0.4, 0.5) is 8.78 Å². The summed E-state index contributed by atoms with van der Waals surface area (Å²) >= 11 is 0. The second-order valence-corrected chi connectivity index (χ2v) is 3.65. The molecule has 0 aliphatic heterocycles. The molecule has 1 aromatic rings. The summed E-state index contributed by atoms with van der Waals surface area (Å²) in [5, 5.41) is 27.4. The molecule has 0 radical (unpaired) electrons. The monoisotopic (exact) mass is 256 g/mol. The van der Waals surface area contributed by atoms with Crippen molar-refractivity contribution in [3.63, 3.8) is 0 Å². The summed E-state index contributed by atoms with van der Waals surface area (Å²) in [5.41, 5.74) is 3.75. The van der Waals surface area contributed by atoms with Crippen LogP contribution in [0.3, 0.4) is 0 Å². The van der Waals surface area contributed by atoms with E-state index in [1.807, 2.05) is 0 Å². The van der Waals surface area contributed by atoms with Crippen molar-refractivity contribution in [2.45, 2.75) is 18.6 Å². The molecule has 2 unspecified atom stereocenters. The zero-order valence-electron chi connectivity index (χ0n) is 9.10. The number of carbonyl (C=O) groups excluding carboxylic acids is 1. The summed E-state index contributed by atoms with van der Waals surface area (Å²) in [5.74, 6) is -3.17. The molecule has 18 heavy (non-hydrogen) atoms. The van der Waals surface area contributed by atoms with E-state index in [0.717, 1.165) is 12.1 Å². The lowest BCUT2D eigenvalue weighted by atomic mass is 10.00. The minimum atomic E-state index is -1.67. The zero-order valence-corrected chi connectivity index (χ0v) is 9.10. The van der Waals surface area contributed by atoms with Gasteiger partial charge in [0.1, 0.15) is 29.4 Å². The van der Waals surface area contributed by atoms with Gasteiger partial charge in [-0.3, -0.25) is 4.79 Å². The third-order valence-corrected chi connectivity index (χ3v) is 2.29. The summed E-state index contributed by atoms with van der Waals surface area (Å²) in [6.07, 6.45) is -3.80. The Kier molecular flexibility index (Phi) is 4.31. The predicted octanol–water partition coefficient (Wildman–Crippen LogP) is 0.106. The molecule has 1 amide bonds. The lowest BCUT2D eigenvalue weighted by Gasteiger charge is -2.17. The molecule has 1 rings (SSSR count). The molecular formula is C11H10F2N2O3. The first-order valence-corrected chi connectivity index (χ1v) is 4.90. The Bertz CT molecular complexity index is 490. The molecule has 0 aliphatic carbocycles. The highest BCUT2D eigenvalue weighted by Gasteiger charge is 2.23. The van der Waals surface area contributed by atoms with Crippen LogP contribution in [0.25, 0.3) is 0 Å². The van der Waals surface area contributed by atoms with Crippen molar-refractivity contribution in [3.05, 3.63) is 34.9 Å². The molecule has 4 N–H and O–H groups in total. The third-order valence-electron chi connectivity index (χ3n) is 2.29. The van der Waals surface area contributed by atoms with Gasteiger partial charge in [0.2, 0.25) is 5.91 Å². The van der Waals surface area contributed by atoms with E-state index in [4.69, 9.17) is 11.0 Å². The Morgan fingerprint density at radius 1 is 1.39 bits per heavy atom. The number of hydrogen-bond donors (Lipinski definition) is 3. The van der Waals surface area contributed by atoms with Gasteiger partial charge in [-0.2, -0.15) is 5.26 Å². The lowest BCUT2D eigenvalue weighted by molar-refractivity contribution is -0.121. The van der Waals surface area contributed by atoms with Crippen LogP contribution in [0.1, 0.15) is 23.7 Å². The van der Waals surface area contributed by atoms with Gasteiger partial charge >= 0.3 is 0 Å². The second-order valence-electron chi connectivity index (χ2n) is 3.65. The van der Waals surface area contributed by atoms with Crippen molar-refractivity contribution in [1.82, 2.24) is 0 Å². The zero-order chi connectivity index (χ0) is 13.9. The van der Waals surface area contributed by atoms with Gasteiger partial charge in [0.15, 0.2) is 0 Å². The van der Waals surface area contributed by atoms with Gasteiger partial charge in [-0.25, -0.2) is 8.78 Å². The summed E-state index contributed by atoms with van der Waals surface area (Å²) < 4.78 is 26.5. The van der Waals surface area contributed by atoms with E-state index in [9.17, 15) is 23.8 Å². The number of aliphatic hydroxyl groups excluding tert-OH is 2. The number of nitriles is 1. The predicted molar refractivity (Wildman–Crippen MR) is 55.9 cm³/mol. The van der Waals surface area contributed by atoms with Gasteiger partial charge in [0, 0.05) is 0 Å². The number of rotatable bonds is 4. The first-order chi connectivity index (χ1) is 8.36. The fourth-order valence-corrected chi connectivity index (χ4v) is 1.41. The van der Waals surface area contributed by atoms with Gasteiger partial charge in [-0.1, -0.05) is 0 Å². The summed E-state index contributed by atoms with van der Waals surface area (Å²) in [4.78, 5) is 10.5. The van der Waals surface area contributed by atoms with E-state index >= 15 is 0 Å². The van der Waals surface area contributed by atoms with Crippen LogP contribution in [-0.4, -0.2) is 22.2 Å². The number of hydrogen-bond acceptors (Lipinski definition) is 4. The minimum Gasteiger partial charge on any atom is -0.390 e. The normalized spacial score (nSPS) is 13.7. The smallest absolute Gasteiger partial charge is 0.220 e. The molecule has 0 aromatic heterocycles. The minimum absolute atomic E-state index is 0.280. The summed E-state index contributed by atoms with van der Waals surface area (Å²) in [7, 11) is 0. The average Bonchev–Trinajstić information content (AvgIpc) is 2.26. The van der Waals surface area contributed by atoms with Crippen LogP contribution in [-0.2, 0) is 4.79 Å². The molecule has 0 spiro atoms. The molecule has 5 nitrogen and oxygen atoms in total. The SMILES string of the molecule is N#Cc1c(F)cc(C(O)C(O)CC(N)=O)cc1F. The molecule has 2 atom stereocenters. The van der Waals surface area contributed by atoms with Gasteiger partial charge in [-0.05, 0) is 17.7 Å². The standard InChI is InChI=1S/C11H10F2N2O3/c12-7-1-5(2-8(13)6(7)4-14)11(18)9(16)3-10(15)17/h1-2,9,11,16,18H,3H2,(H2,15,17). The fraction of sp³-hybridized carbons (Fsp3) is 0.273. The number of nitrogens with two attached hydrogens (primary N) is 1. The van der Waals surface area contributed by atoms with Crippen LogP contribution >= 0.6 is 0 Å². The first-order valence-electron chi connectivity index (χ1n) is 4.90. The van der Waals surface area contributed by atoms with E-state index in [1.54, 1.807) is 0 Å². The lowest BCUT2D eigenvalue weighted by Crippen LogP contribution is -2.25. The number of nitrogens with zero attached hydrogens (tertiary/aromatic N) is 1. The van der Waals surface area contributed by atoms with Gasteiger partial charge < -0.3 is 15.9 Å². The topological polar surface area (TPSA) is 107 Å². The van der Waals surface area contributed by atoms with Crippen molar-refractivity contribution in [2.75, 3.05) is 0 Å². The van der Waals surface area contributed by atoms with E-state index in [0.29, 0.717) is 0 Å². The Balaban J connectivity index is 3.04. The van der Waals surface area contributed by atoms with Crippen LogP contribution in [0.2, 0.25) is 0 Å². The Morgan fingerprint density at radius 3 is 2.28 bits per heavy atom. The number of primary amides is 1. The molecule has 0 fully saturated rings. The van der Waals surface area contributed by atoms with E-state index in [1.165, 1.54) is 6.07 Å². The van der Waals surface area contributed by atoms with Crippen LogP contribution in [0.15, 0.2) is 12.1 Å². The van der Waals surface area contributed by atoms with Gasteiger partial charge in [-0.15, -0.1) is 0 Å². The average molecular weight is 256 g/mol. The summed E-state index contributed by atoms with van der Waals surface area (Å²) in [6, 6.07) is 2.76. The quantitative estimate of drug-likeness (QED) is 0.710. The van der Waals surface area contributed by atoms with Crippen LogP contribution < -0.4 is 5.73 Å². The largest absolute Gasteiger partial charge is 0.390 e. The Morgan fingerprint density at radius 2 is 1.89 bits per heavy atom. The molecule has 0 aliphatic rings. The highest BCUT2D eigenvalue weighted by atomic mass is 19.1. The van der Waals surface area contributed by atoms with Gasteiger partial charge in [0.25, 0.3) is 0 Å². The number of amides is 1. The molecule has 1 aromatic carbocycles. The number of carbonyl (C=O) groups is 1. The maximum atomic E-state index is 13.3. The van der Waals surface area contributed by atoms with E-state index in [2.05, 4.69) is 0 Å². The van der Waals surface area contributed by atoms with Crippen molar-refractivity contribution < 1.29 is 23.8 Å². The molecule has 7 heteroatoms. The van der Waals surface area contributed by atoms with Crippen LogP contribution in [0.5, 0.6) is 0 Å². The molecule has 0 saturated heterocycles. The van der Waals surface area contributed by atoms with Crippen molar-refractivity contribution in [1.29, 1.82) is 5.26 Å². The number of halogens is 2. The molecule has 0 heterocycles. The molecule has 0 saturated carbocycles. The van der Waals surface area contributed by atoms with Crippen molar-refractivity contribution in [2.24, 2.45) is 5.73 Å². The van der Waals surface area contributed by atoms with E-state index in [-0.39, 0.29) is 5.56 Å². The van der Waals surface area contributed by atoms with Crippen molar-refractivity contribution >= 4 is 5.91 Å². The molecule has 96 valence electrons. The van der Waals surface area contributed by atoms with Crippen molar-refractivity contribution in [3.8, 4) is 6.07 Å². The maximum absolute atomic E-state index is 13.3. The third kappa shape index (κ3) is 3.00. The first kappa shape index (κ1) is 14.0. The summed E-state index contributed by atoms with van der Waals surface area (Å²) in [6.45, 7) is 0. The molecule has 0 bridgehead atoms. The highest BCUT2D eigenvalue weighted by Crippen LogP contribution is 2.23. The van der Waals surface area contributed by atoms with Gasteiger partial charge in [0.05, 0.1) is 12.5 Å². The highest BCUT2D eigenvalue weighted by molar-refractivity contribution is 5.74. The number of benzene rings is 1. The number of aliphatic hydroxyl groups is 2. The fourth-order valence-electron chi connectivity index (χ4n) is 1.41. The molecular weight excluding hydrogens is 246 g/mol. The second kappa shape index (κ2) is 5.53. The van der Waals surface area contributed by atoms with Crippen LogP contribution in [0, 0.1) is 23.0 Å². The Hall–Kier alpha value is -2.04.